The van der Waals surface area contributed by atoms with Crippen LogP contribution in [0.25, 0.3) is 10.8 Å². The number of carbonyl (C=O) groups is 3. The molecule has 4 fully saturated rings. The predicted molar refractivity (Wildman–Crippen MR) is 171 cm³/mol. The zero-order valence-electron chi connectivity index (χ0n) is 27.5. The third-order valence-electron chi connectivity index (χ3n) is 13.0. The molecule has 2 aromatic rings. The van der Waals surface area contributed by atoms with Crippen LogP contribution in [0.5, 0.6) is 0 Å². The summed E-state index contributed by atoms with van der Waals surface area (Å²) in [7, 11) is 1.43. The highest BCUT2D eigenvalue weighted by Gasteiger charge is 2.67. The van der Waals surface area contributed by atoms with E-state index in [-0.39, 0.29) is 82.6 Å². The molecular weight excluding hydrogens is 568 g/mol. The molecule has 6 rings (SSSR count). The van der Waals surface area contributed by atoms with E-state index < -0.39 is 0 Å². The average molecular weight is 619 g/mol. The molecule has 4 aliphatic rings. The van der Waals surface area contributed by atoms with Gasteiger partial charge in [-0.3, -0.25) is 9.59 Å². The molecule has 0 spiro atoms. The summed E-state index contributed by atoms with van der Waals surface area (Å²) in [5, 5.41) is 12.8. The maximum Gasteiger partial charge on any atom is 0.338 e. The normalized spacial score (nSPS) is 37.9. The van der Waals surface area contributed by atoms with Crippen molar-refractivity contribution >= 4 is 28.7 Å². The first kappa shape index (κ1) is 32.0. The molecule has 7 heteroatoms. The number of hydrogen-bond donors (Lipinski definition) is 1. The Labute approximate surface area is 267 Å². The molecule has 0 bridgehead atoms. The van der Waals surface area contributed by atoms with E-state index in [4.69, 9.17) is 14.2 Å². The molecule has 244 valence electrons. The minimum absolute atomic E-state index is 0.0376. The fourth-order valence-corrected chi connectivity index (χ4v) is 10.7. The van der Waals surface area contributed by atoms with Crippen molar-refractivity contribution in [2.75, 3.05) is 7.11 Å². The van der Waals surface area contributed by atoms with Crippen molar-refractivity contribution in [3.8, 4) is 0 Å². The minimum Gasteiger partial charge on any atom is -0.469 e. The lowest BCUT2D eigenvalue weighted by atomic mass is 9.43. The van der Waals surface area contributed by atoms with Crippen LogP contribution in [0.2, 0.25) is 0 Å². The Kier molecular flexibility index (Phi) is 8.79. The maximum atomic E-state index is 13.9. The van der Waals surface area contributed by atoms with Crippen LogP contribution in [-0.2, 0) is 23.8 Å². The Morgan fingerprint density at radius 1 is 0.956 bits per heavy atom. The van der Waals surface area contributed by atoms with Crippen LogP contribution in [0, 0.1) is 46.3 Å². The number of ether oxygens (including phenoxy) is 3. The van der Waals surface area contributed by atoms with E-state index >= 15 is 0 Å². The minimum atomic E-state index is -0.346. The van der Waals surface area contributed by atoms with Gasteiger partial charge in [-0.2, -0.15) is 0 Å². The van der Waals surface area contributed by atoms with Crippen molar-refractivity contribution in [2.24, 2.45) is 46.3 Å². The first-order valence-corrected chi connectivity index (χ1v) is 17.1. The van der Waals surface area contributed by atoms with E-state index in [1.54, 1.807) is 0 Å². The molecule has 4 aliphatic carbocycles. The van der Waals surface area contributed by atoms with Gasteiger partial charge >= 0.3 is 17.9 Å². The lowest BCUT2D eigenvalue weighted by Gasteiger charge is -2.64. The van der Waals surface area contributed by atoms with Crippen molar-refractivity contribution in [1.82, 2.24) is 0 Å². The van der Waals surface area contributed by atoms with Gasteiger partial charge in [0.25, 0.3) is 0 Å². The summed E-state index contributed by atoms with van der Waals surface area (Å²) in [6.07, 6.45) is 6.00. The molecule has 0 aliphatic heterocycles. The summed E-state index contributed by atoms with van der Waals surface area (Å²) >= 11 is 0. The first-order chi connectivity index (χ1) is 21.4. The number of hydrogen-bond acceptors (Lipinski definition) is 7. The average Bonchev–Trinajstić information content (AvgIpc) is 3.38. The monoisotopic (exact) mass is 618 g/mol. The standard InChI is InChI=1S/C38H50O7/c1-22(10-15-34(41)43-5)29-13-14-30-35-31(21-33(38(29,30)4)44-23(2)39)37(3)17-16-28(40)19-27(37)20-32(35)45-36(42)26-12-11-24-8-6-7-9-25(24)18-26/h6-9,11-12,18,22,27-33,35,40H,10,13-17,19-21H2,1-5H3/t22-,27-,28-,29-,30+,31+,32-,33+,35+,37+,38-/m1/s1. The smallest absolute Gasteiger partial charge is 0.338 e. The van der Waals surface area contributed by atoms with Crippen LogP contribution in [-0.4, -0.2) is 48.4 Å². The fourth-order valence-electron chi connectivity index (χ4n) is 10.7. The van der Waals surface area contributed by atoms with Gasteiger partial charge in [0.2, 0.25) is 0 Å². The van der Waals surface area contributed by atoms with E-state index in [1.165, 1.54) is 14.0 Å². The number of benzene rings is 2. The zero-order chi connectivity index (χ0) is 32.1. The van der Waals surface area contributed by atoms with Gasteiger partial charge in [0.15, 0.2) is 0 Å². The molecule has 0 heterocycles. The second-order valence-corrected chi connectivity index (χ2v) is 15.1. The fraction of sp³-hybridized carbons (Fsp3) is 0.658. The quantitative estimate of drug-likeness (QED) is 0.260. The Morgan fingerprint density at radius 2 is 1.71 bits per heavy atom. The second-order valence-electron chi connectivity index (χ2n) is 15.1. The molecule has 4 saturated carbocycles. The van der Waals surface area contributed by atoms with Crippen LogP contribution in [0.1, 0.15) is 95.8 Å². The Hall–Kier alpha value is -2.93. The molecule has 11 atom stereocenters. The summed E-state index contributed by atoms with van der Waals surface area (Å²) in [6, 6.07) is 13.8. The van der Waals surface area contributed by atoms with Crippen LogP contribution < -0.4 is 0 Å². The number of methoxy groups -OCH3 is 1. The van der Waals surface area contributed by atoms with Crippen molar-refractivity contribution in [3.63, 3.8) is 0 Å². The Bertz CT molecular complexity index is 1440. The molecule has 0 amide bonds. The molecule has 45 heavy (non-hydrogen) atoms. The Morgan fingerprint density at radius 3 is 2.44 bits per heavy atom. The van der Waals surface area contributed by atoms with Crippen molar-refractivity contribution < 1.29 is 33.7 Å². The van der Waals surface area contributed by atoms with Gasteiger partial charge in [-0.15, -0.1) is 0 Å². The summed E-state index contributed by atoms with van der Waals surface area (Å²) in [5.74, 6) is 0.479. The van der Waals surface area contributed by atoms with E-state index in [0.717, 1.165) is 55.7 Å². The van der Waals surface area contributed by atoms with Gasteiger partial charge in [-0.25, -0.2) is 4.79 Å². The van der Waals surface area contributed by atoms with E-state index in [2.05, 4.69) is 20.8 Å². The third kappa shape index (κ3) is 5.68. The lowest BCUT2D eigenvalue weighted by molar-refractivity contribution is -0.217. The van der Waals surface area contributed by atoms with Gasteiger partial charge in [0.1, 0.15) is 12.2 Å². The number of rotatable bonds is 7. The topological polar surface area (TPSA) is 99.1 Å². The van der Waals surface area contributed by atoms with E-state index in [9.17, 15) is 19.5 Å². The second kappa shape index (κ2) is 12.4. The zero-order valence-corrected chi connectivity index (χ0v) is 27.5. The van der Waals surface area contributed by atoms with Gasteiger partial charge in [0, 0.05) is 24.7 Å². The summed E-state index contributed by atoms with van der Waals surface area (Å²) in [4.78, 5) is 38.6. The van der Waals surface area contributed by atoms with Gasteiger partial charge in [0.05, 0.1) is 18.8 Å². The summed E-state index contributed by atoms with van der Waals surface area (Å²) in [6.45, 7) is 8.40. The van der Waals surface area contributed by atoms with Gasteiger partial charge < -0.3 is 19.3 Å². The highest BCUT2D eigenvalue weighted by atomic mass is 16.6. The van der Waals surface area contributed by atoms with Crippen molar-refractivity contribution in [3.05, 3.63) is 48.0 Å². The summed E-state index contributed by atoms with van der Waals surface area (Å²) in [5.41, 5.74) is 0.205. The number of fused-ring (bicyclic) bond motifs is 6. The summed E-state index contributed by atoms with van der Waals surface area (Å²) < 4.78 is 17.8. The molecule has 2 aromatic carbocycles. The van der Waals surface area contributed by atoms with Crippen molar-refractivity contribution in [1.29, 1.82) is 0 Å². The van der Waals surface area contributed by atoms with E-state index in [0.29, 0.717) is 18.4 Å². The van der Waals surface area contributed by atoms with E-state index in [1.807, 2.05) is 42.5 Å². The van der Waals surface area contributed by atoms with Crippen LogP contribution >= 0.6 is 0 Å². The van der Waals surface area contributed by atoms with Crippen molar-refractivity contribution in [2.45, 2.75) is 104 Å². The molecule has 0 unspecified atom stereocenters. The molecule has 1 N–H and O–H groups in total. The Balaban J connectivity index is 1.36. The molecular formula is C38H50O7. The number of aliphatic hydroxyl groups is 1. The highest BCUT2D eigenvalue weighted by molar-refractivity contribution is 5.95. The van der Waals surface area contributed by atoms with Crippen LogP contribution in [0.4, 0.5) is 0 Å². The molecule has 7 nitrogen and oxygen atoms in total. The largest absolute Gasteiger partial charge is 0.469 e. The molecule has 0 radical (unpaired) electrons. The predicted octanol–water partition coefficient (Wildman–Crippen LogP) is 7.13. The van der Waals surface area contributed by atoms with Gasteiger partial charge in [-0.1, -0.05) is 51.1 Å². The van der Waals surface area contributed by atoms with Gasteiger partial charge in [-0.05, 0) is 109 Å². The first-order valence-electron chi connectivity index (χ1n) is 17.1. The SMILES string of the molecule is COC(=O)CC[C@@H](C)[C@H]1CC[C@H]2[C@@H]3[C@H](OC(=O)c4ccc5ccccc5c4)C[C@H]4C[C@H](O)CC[C@]4(C)[C@H]3C[C@H](OC(C)=O)[C@]12C. The number of carbonyl (C=O) groups excluding carboxylic acids is 3. The highest BCUT2D eigenvalue weighted by Crippen LogP contribution is 2.69. The van der Waals surface area contributed by atoms with Crippen LogP contribution in [0.15, 0.2) is 42.5 Å². The lowest BCUT2D eigenvalue weighted by Crippen LogP contribution is -2.63. The maximum absolute atomic E-state index is 13.9. The third-order valence-corrected chi connectivity index (χ3v) is 13.0. The number of aliphatic hydroxyl groups excluding tert-OH is 1. The van der Waals surface area contributed by atoms with Crippen LogP contribution in [0.3, 0.4) is 0 Å². The molecule has 0 aromatic heterocycles. The number of esters is 3. The molecule has 0 saturated heterocycles.